The van der Waals surface area contributed by atoms with Crippen molar-refractivity contribution in [2.75, 3.05) is 0 Å². The lowest BCUT2D eigenvalue weighted by atomic mass is 10.2. The summed E-state index contributed by atoms with van der Waals surface area (Å²) in [6.45, 7) is 2.04. The highest BCUT2D eigenvalue weighted by atomic mass is 79.9. The molecule has 0 unspecified atom stereocenters. The molecule has 0 N–H and O–H groups in total. The zero-order valence-corrected chi connectivity index (χ0v) is 12.7. The van der Waals surface area contributed by atoms with Crippen molar-refractivity contribution in [3.8, 4) is 11.5 Å². The van der Waals surface area contributed by atoms with Crippen molar-refractivity contribution in [1.29, 1.82) is 0 Å². The molecule has 1 heterocycles. The lowest BCUT2D eigenvalue weighted by Crippen LogP contribution is -1.79. The van der Waals surface area contributed by atoms with E-state index in [-0.39, 0.29) is 0 Å². The Labute approximate surface area is 121 Å². The van der Waals surface area contributed by atoms with Crippen LogP contribution in [0.25, 0.3) is 22.6 Å². The maximum Gasteiger partial charge on any atom is 0.228 e. The molecule has 3 rings (SSSR count). The van der Waals surface area contributed by atoms with E-state index in [1.807, 2.05) is 43.3 Å². The maximum atomic E-state index is 5.80. The zero-order chi connectivity index (χ0) is 12.7. The van der Waals surface area contributed by atoms with Crippen molar-refractivity contribution in [3.63, 3.8) is 0 Å². The van der Waals surface area contributed by atoms with E-state index in [2.05, 4.69) is 36.8 Å². The smallest absolute Gasteiger partial charge is 0.228 e. The number of nitrogens with zero attached hydrogens (tertiary/aromatic N) is 1. The van der Waals surface area contributed by atoms with Gasteiger partial charge in [0.2, 0.25) is 5.89 Å². The quantitative estimate of drug-likeness (QED) is 0.581. The number of hydrogen-bond donors (Lipinski definition) is 0. The highest BCUT2D eigenvalue weighted by Gasteiger charge is 2.11. The van der Waals surface area contributed by atoms with Crippen LogP contribution in [0.5, 0.6) is 0 Å². The lowest BCUT2D eigenvalue weighted by molar-refractivity contribution is 0.619. The summed E-state index contributed by atoms with van der Waals surface area (Å²) in [5, 5.41) is 0. The number of aromatic nitrogens is 1. The fraction of sp³-hybridized carbons (Fsp3) is 0.0714. The van der Waals surface area contributed by atoms with E-state index in [0.717, 1.165) is 25.6 Å². The summed E-state index contributed by atoms with van der Waals surface area (Å²) in [6.07, 6.45) is 0. The largest absolute Gasteiger partial charge is 0.436 e. The van der Waals surface area contributed by atoms with Gasteiger partial charge in [0.25, 0.3) is 0 Å². The zero-order valence-electron chi connectivity index (χ0n) is 9.58. The summed E-state index contributed by atoms with van der Waals surface area (Å²) < 4.78 is 7.78. The molecule has 0 aliphatic heterocycles. The van der Waals surface area contributed by atoms with E-state index in [1.54, 1.807) is 0 Å². The van der Waals surface area contributed by atoms with Gasteiger partial charge in [-0.25, -0.2) is 4.98 Å². The first-order valence-corrected chi connectivity index (χ1v) is 7.05. The van der Waals surface area contributed by atoms with Crippen molar-refractivity contribution < 1.29 is 4.42 Å². The van der Waals surface area contributed by atoms with Gasteiger partial charge in [-0.15, -0.1) is 0 Å². The molecule has 4 heteroatoms. The van der Waals surface area contributed by atoms with Gasteiger partial charge in [-0.2, -0.15) is 0 Å². The van der Waals surface area contributed by atoms with Gasteiger partial charge in [0, 0.05) is 8.95 Å². The van der Waals surface area contributed by atoms with Crippen LogP contribution in [0.3, 0.4) is 0 Å². The van der Waals surface area contributed by atoms with Gasteiger partial charge in [-0.1, -0.05) is 22.0 Å². The SMILES string of the molecule is Cc1ccc2nc(-c3ccc(Br)cc3Br)oc2c1. The van der Waals surface area contributed by atoms with Crippen LogP contribution in [0.15, 0.2) is 49.8 Å². The van der Waals surface area contributed by atoms with Crippen molar-refractivity contribution in [2.45, 2.75) is 6.92 Å². The number of hydrogen-bond acceptors (Lipinski definition) is 2. The summed E-state index contributed by atoms with van der Waals surface area (Å²) in [5.41, 5.74) is 3.82. The maximum absolute atomic E-state index is 5.80. The predicted molar refractivity (Wildman–Crippen MR) is 79.6 cm³/mol. The number of oxazole rings is 1. The van der Waals surface area contributed by atoms with Gasteiger partial charge in [-0.05, 0) is 58.7 Å². The molecule has 1 aromatic heterocycles. The van der Waals surface area contributed by atoms with Crippen LogP contribution in [0.2, 0.25) is 0 Å². The van der Waals surface area contributed by atoms with Crippen LogP contribution in [0.4, 0.5) is 0 Å². The summed E-state index contributed by atoms with van der Waals surface area (Å²) in [6, 6.07) is 11.9. The Bertz CT molecular complexity index is 734. The number of benzene rings is 2. The van der Waals surface area contributed by atoms with Crippen LogP contribution < -0.4 is 0 Å². The molecule has 3 aromatic rings. The Morgan fingerprint density at radius 2 is 1.89 bits per heavy atom. The first kappa shape index (κ1) is 11.9. The summed E-state index contributed by atoms with van der Waals surface area (Å²) in [4.78, 5) is 4.50. The van der Waals surface area contributed by atoms with E-state index in [4.69, 9.17) is 4.42 Å². The molecule has 0 amide bonds. The first-order chi connectivity index (χ1) is 8.63. The summed E-state index contributed by atoms with van der Waals surface area (Å²) in [5.74, 6) is 0.634. The molecule has 0 spiro atoms. The average Bonchev–Trinajstić information content (AvgIpc) is 2.71. The normalized spacial score (nSPS) is 11.1. The minimum Gasteiger partial charge on any atom is -0.436 e. The van der Waals surface area contributed by atoms with E-state index < -0.39 is 0 Å². The molecule has 0 radical (unpaired) electrons. The third-order valence-corrected chi connectivity index (χ3v) is 3.85. The van der Waals surface area contributed by atoms with E-state index >= 15 is 0 Å². The van der Waals surface area contributed by atoms with Crippen molar-refractivity contribution in [3.05, 3.63) is 50.9 Å². The number of halogens is 2. The second kappa shape index (κ2) is 4.52. The second-order valence-corrected chi connectivity index (χ2v) is 5.88. The monoisotopic (exact) mass is 365 g/mol. The highest BCUT2D eigenvalue weighted by molar-refractivity contribution is 9.11. The summed E-state index contributed by atoms with van der Waals surface area (Å²) in [7, 11) is 0. The minimum atomic E-state index is 0.634. The van der Waals surface area contributed by atoms with E-state index in [1.165, 1.54) is 5.56 Å². The van der Waals surface area contributed by atoms with E-state index in [9.17, 15) is 0 Å². The van der Waals surface area contributed by atoms with Crippen molar-refractivity contribution in [2.24, 2.45) is 0 Å². The fourth-order valence-electron chi connectivity index (χ4n) is 1.81. The molecule has 0 saturated carbocycles. The Hall–Kier alpha value is -1.13. The second-order valence-electron chi connectivity index (χ2n) is 4.11. The molecule has 0 saturated heterocycles. The van der Waals surface area contributed by atoms with Crippen LogP contribution in [0, 0.1) is 6.92 Å². The molecule has 2 nitrogen and oxygen atoms in total. The van der Waals surface area contributed by atoms with Gasteiger partial charge in [0.15, 0.2) is 5.58 Å². The van der Waals surface area contributed by atoms with Crippen LogP contribution in [0.1, 0.15) is 5.56 Å². The molecule has 0 fully saturated rings. The summed E-state index contributed by atoms with van der Waals surface area (Å²) >= 11 is 6.96. The standard InChI is InChI=1S/C14H9Br2NO/c1-8-2-5-12-13(6-8)18-14(17-12)10-4-3-9(15)7-11(10)16/h2-7H,1H3. The molecule has 90 valence electrons. The Kier molecular flexibility index (Phi) is 2.99. The molecule has 0 bridgehead atoms. The fourth-order valence-corrected chi connectivity index (χ4v) is 3.03. The van der Waals surface area contributed by atoms with Gasteiger partial charge in [-0.3, -0.25) is 0 Å². The van der Waals surface area contributed by atoms with E-state index in [0.29, 0.717) is 5.89 Å². The molecule has 0 aliphatic carbocycles. The highest BCUT2D eigenvalue weighted by Crippen LogP contribution is 2.32. The Morgan fingerprint density at radius 3 is 2.67 bits per heavy atom. The molecule has 18 heavy (non-hydrogen) atoms. The van der Waals surface area contributed by atoms with Crippen LogP contribution in [-0.2, 0) is 0 Å². The topological polar surface area (TPSA) is 26.0 Å². The third-order valence-electron chi connectivity index (χ3n) is 2.71. The number of aryl methyl sites for hydroxylation is 1. The molecular formula is C14H9Br2NO. The Balaban J connectivity index is 2.19. The minimum absolute atomic E-state index is 0.634. The van der Waals surface area contributed by atoms with Gasteiger partial charge in [0.1, 0.15) is 5.52 Å². The molecule has 2 aromatic carbocycles. The molecular weight excluding hydrogens is 358 g/mol. The van der Waals surface area contributed by atoms with Crippen molar-refractivity contribution in [1.82, 2.24) is 4.98 Å². The number of rotatable bonds is 1. The predicted octanol–water partition coefficient (Wildman–Crippen LogP) is 5.33. The average molecular weight is 367 g/mol. The van der Waals surface area contributed by atoms with Gasteiger partial charge < -0.3 is 4.42 Å². The van der Waals surface area contributed by atoms with Crippen LogP contribution in [-0.4, -0.2) is 4.98 Å². The molecule has 0 atom stereocenters. The lowest BCUT2D eigenvalue weighted by Gasteiger charge is -1.99. The molecule has 0 aliphatic rings. The van der Waals surface area contributed by atoms with Crippen molar-refractivity contribution >= 4 is 43.0 Å². The van der Waals surface area contributed by atoms with Gasteiger partial charge in [0.05, 0.1) is 5.56 Å². The Morgan fingerprint density at radius 1 is 1.06 bits per heavy atom. The first-order valence-electron chi connectivity index (χ1n) is 5.46. The van der Waals surface area contributed by atoms with Crippen LogP contribution >= 0.6 is 31.9 Å². The third kappa shape index (κ3) is 2.10. The van der Waals surface area contributed by atoms with Gasteiger partial charge >= 0.3 is 0 Å². The number of fused-ring (bicyclic) bond motifs is 1.